The number of benzene rings is 1. The summed E-state index contributed by atoms with van der Waals surface area (Å²) in [5.41, 5.74) is 2.63. The Morgan fingerprint density at radius 3 is 2.19 bits per heavy atom. The zero-order chi connectivity index (χ0) is 20.3. The molecule has 1 rings (SSSR count). The van der Waals surface area contributed by atoms with Crippen LogP contribution in [-0.2, 0) is 9.63 Å². The van der Waals surface area contributed by atoms with Crippen molar-refractivity contribution < 1.29 is 23.2 Å². The lowest BCUT2D eigenvalue weighted by Gasteiger charge is -2.16. The molecule has 0 unspecified atom stereocenters. The molecular formula is C20H29F2NO3Si. The molecule has 27 heavy (non-hydrogen) atoms. The van der Waals surface area contributed by atoms with Crippen molar-refractivity contribution >= 4 is 25.1 Å². The van der Waals surface area contributed by atoms with E-state index in [1.54, 1.807) is 12.1 Å². The third-order valence-electron chi connectivity index (χ3n) is 4.15. The van der Waals surface area contributed by atoms with Gasteiger partial charge >= 0.3 is 5.97 Å². The summed E-state index contributed by atoms with van der Waals surface area (Å²) in [6.45, 7) is 6.68. The molecule has 7 heteroatoms. The first-order chi connectivity index (χ1) is 12.7. The fourth-order valence-electron chi connectivity index (χ4n) is 2.49. The fraction of sp³-hybridized carbons (Fsp3) is 0.500. The minimum atomic E-state index is -1.63. The monoisotopic (exact) mass is 397 g/mol. The van der Waals surface area contributed by atoms with Crippen molar-refractivity contribution in [1.29, 1.82) is 0 Å². The van der Waals surface area contributed by atoms with Crippen molar-refractivity contribution in [3.05, 3.63) is 42.0 Å². The van der Waals surface area contributed by atoms with Gasteiger partial charge in [-0.3, -0.25) is 4.79 Å². The number of unbranched alkanes of at least 4 members (excludes halogenated alkanes) is 5. The van der Waals surface area contributed by atoms with Crippen LogP contribution in [0.25, 0.3) is 0 Å². The van der Waals surface area contributed by atoms with Crippen molar-refractivity contribution in [3.63, 3.8) is 0 Å². The molecule has 1 aromatic rings. The molecule has 0 heterocycles. The zero-order valence-corrected chi connectivity index (χ0v) is 17.3. The maximum absolute atomic E-state index is 12.0. The van der Waals surface area contributed by atoms with E-state index in [0.29, 0.717) is 24.8 Å². The number of allylic oxidation sites excluding steroid dienone is 1. The van der Waals surface area contributed by atoms with Gasteiger partial charge in [-0.1, -0.05) is 56.2 Å². The van der Waals surface area contributed by atoms with Gasteiger partial charge < -0.3 is 4.84 Å². The molecule has 0 saturated heterocycles. The Morgan fingerprint density at radius 1 is 1.00 bits per heavy atom. The largest absolute Gasteiger partial charge is 0.341 e. The quantitative estimate of drug-likeness (QED) is 0.346. The summed E-state index contributed by atoms with van der Waals surface area (Å²) in [4.78, 5) is 28.5. The molecule has 0 atom stereocenters. The lowest BCUT2D eigenvalue weighted by molar-refractivity contribution is -0.149. The Bertz CT molecular complexity index is 636. The van der Waals surface area contributed by atoms with E-state index in [4.69, 9.17) is 4.84 Å². The summed E-state index contributed by atoms with van der Waals surface area (Å²) in [5.74, 6) is -0.928. The summed E-state index contributed by atoms with van der Waals surface area (Å²) >= 11 is 0. The number of hydrogen-bond acceptors (Lipinski definition) is 3. The Morgan fingerprint density at radius 2 is 1.59 bits per heavy atom. The summed E-state index contributed by atoms with van der Waals surface area (Å²) in [7, 11) is -1.42. The van der Waals surface area contributed by atoms with Gasteiger partial charge in [0.1, 0.15) is 0 Å². The van der Waals surface area contributed by atoms with E-state index < -0.39 is 26.0 Å². The highest BCUT2D eigenvalue weighted by atomic mass is 28.3. The predicted molar refractivity (Wildman–Crippen MR) is 106 cm³/mol. The number of hydrogen-bond donors (Lipinski definition) is 1. The van der Waals surface area contributed by atoms with Crippen molar-refractivity contribution in [2.45, 2.75) is 64.6 Å². The average Bonchev–Trinajstić information content (AvgIpc) is 2.61. The number of halogens is 2. The van der Waals surface area contributed by atoms with Crippen LogP contribution in [0, 0.1) is 0 Å². The van der Waals surface area contributed by atoms with Gasteiger partial charge in [0.15, 0.2) is 0 Å². The van der Waals surface area contributed by atoms with Gasteiger partial charge in [0.25, 0.3) is 12.0 Å². The van der Waals surface area contributed by atoms with E-state index in [1.165, 1.54) is 5.19 Å². The van der Waals surface area contributed by atoms with Crippen LogP contribution in [0.15, 0.2) is 36.4 Å². The van der Waals surface area contributed by atoms with Crippen LogP contribution in [0.4, 0.5) is 8.78 Å². The van der Waals surface area contributed by atoms with Crippen LogP contribution in [0.2, 0.25) is 19.6 Å². The maximum Gasteiger partial charge on any atom is 0.332 e. The first-order valence-corrected chi connectivity index (χ1v) is 12.8. The molecule has 0 aliphatic heterocycles. The van der Waals surface area contributed by atoms with Crippen molar-refractivity contribution in [2.75, 3.05) is 0 Å². The second-order valence-electron chi connectivity index (χ2n) is 7.53. The highest BCUT2D eigenvalue weighted by Gasteiger charge is 2.17. The second kappa shape index (κ2) is 11.6. The Kier molecular flexibility index (Phi) is 9.92. The van der Waals surface area contributed by atoms with E-state index in [2.05, 4.69) is 25.1 Å². The van der Waals surface area contributed by atoms with Crippen LogP contribution < -0.4 is 10.7 Å². The van der Waals surface area contributed by atoms with Crippen LogP contribution in [-0.4, -0.2) is 20.0 Å². The third kappa shape index (κ3) is 10.0. The van der Waals surface area contributed by atoms with Gasteiger partial charge in [-0.25, -0.2) is 4.79 Å². The van der Waals surface area contributed by atoms with Crippen molar-refractivity contribution in [1.82, 2.24) is 5.48 Å². The van der Waals surface area contributed by atoms with Crippen LogP contribution in [0.5, 0.6) is 0 Å². The van der Waals surface area contributed by atoms with E-state index in [1.807, 2.05) is 12.1 Å². The molecule has 1 N–H and O–H groups in total. The van der Waals surface area contributed by atoms with E-state index in [9.17, 15) is 18.4 Å². The van der Waals surface area contributed by atoms with Crippen LogP contribution in [0.1, 0.15) is 55.3 Å². The number of amides is 1. The molecule has 0 aromatic heterocycles. The number of hydroxylamine groups is 1. The minimum absolute atomic E-state index is 0.216. The summed E-state index contributed by atoms with van der Waals surface area (Å²) in [6.07, 6.45) is 3.81. The van der Waals surface area contributed by atoms with E-state index >= 15 is 0 Å². The molecule has 1 amide bonds. The van der Waals surface area contributed by atoms with Gasteiger partial charge in [-0.2, -0.15) is 14.3 Å². The van der Waals surface area contributed by atoms with E-state index in [0.717, 1.165) is 25.3 Å². The van der Waals surface area contributed by atoms with Crippen LogP contribution >= 0.6 is 0 Å². The average molecular weight is 398 g/mol. The Labute approximate surface area is 161 Å². The van der Waals surface area contributed by atoms with Crippen molar-refractivity contribution in [3.8, 4) is 0 Å². The van der Waals surface area contributed by atoms with Gasteiger partial charge in [0.05, 0.1) is 8.07 Å². The normalized spacial score (nSPS) is 11.0. The summed E-state index contributed by atoms with van der Waals surface area (Å²) in [6, 6.07) is 7.36. The lowest BCUT2D eigenvalue weighted by atomic mass is 10.1. The molecule has 0 fully saturated rings. The molecular weight excluding hydrogens is 368 g/mol. The number of rotatable bonds is 10. The molecule has 1 aromatic carbocycles. The Balaban J connectivity index is 2.19. The highest BCUT2D eigenvalue weighted by Crippen LogP contribution is 2.10. The molecule has 4 nitrogen and oxygen atoms in total. The molecule has 0 saturated carbocycles. The summed E-state index contributed by atoms with van der Waals surface area (Å²) < 4.78 is 23.7. The molecule has 0 bridgehead atoms. The number of carbonyl (C=O) groups is 2. The fourth-order valence-corrected chi connectivity index (χ4v) is 3.66. The topological polar surface area (TPSA) is 55.4 Å². The second-order valence-corrected chi connectivity index (χ2v) is 12.6. The highest BCUT2D eigenvalue weighted by molar-refractivity contribution is 6.88. The molecule has 0 spiro atoms. The molecule has 150 valence electrons. The lowest BCUT2D eigenvalue weighted by Crippen LogP contribution is -2.37. The first-order valence-electron chi connectivity index (χ1n) is 9.32. The third-order valence-corrected chi connectivity index (χ3v) is 6.22. The van der Waals surface area contributed by atoms with Gasteiger partial charge in [0, 0.05) is 12.0 Å². The minimum Gasteiger partial charge on any atom is -0.341 e. The van der Waals surface area contributed by atoms with Crippen LogP contribution in [0.3, 0.4) is 0 Å². The Hall–Kier alpha value is -2.02. The molecule has 0 radical (unpaired) electrons. The van der Waals surface area contributed by atoms with Crippen molar-refractivity contribution in [2.24, 2.45) is 0 Å². The number of nitrogens with one attached hydrogen (secondary N) is 1. The zero-order valence-electron chi connectivity index (χ0n) is 16.3. The van der Waals surface area contributed by atoms with Gasteiger partial charge in [0.2, 0.25) is 0 Å². The predicted octanol–water partition coefficient (Wildman–Crippen LogP) is 4.93. The summed E-state index contributed by atoms with van der Waals surface area (Å²) in [5, 5.41) is 1.25. The molecule has 0 aliphatic carbocycles. The SMILES string of the molecule is C[Si](C)(C)c1ccc(C(=O)NOC(=O)CCCCCCCC=C(F)F)cc1. The number of carbonyl (C=O) groups excluding carboxylic acids is 2. The van der Waals surface area contributed by atoms with Gasteiger partial charge in [-0.15, -0.1) is 0 Å². The first kappa shape index (κ1) is 23.0. The molecule has 0 aliphatic rings. The smallest absolute Gasteiger partial charge is 0.332 e. The van der Waals surface area contributed by atoms with Gasteiger partial charge in [-0.05, 0) is 37.5 Å². The van der Waals surface area contributed by atoms with E-state index in [-0.39, 0.29) is 6.42 Å². The standard InChI is InChI=1S/C20H29F2NO3Si/c1-27(2,3)17-14-12-16(13-15-17)20(25)23-26-19(24)11-9-7-5-4-6-8-10-18(21)22/h10,12-15H,4-9,11H2,1-3H3,(H,23,25). The maximum atomic E-state index is 12.0.